The molecule has 0 amide bonds. The van der Waals surface area contributed by atoms with Gasteiger partial charge < -0.3 is 5.32 Å². The summed E-state index contributed by atoms with van der Waals surface area (Å²) in [5.74, 6) is -0.483. The third-order valence-corrected chi connectivity index (χ3v) is 3.71. The van der Waals surface area contributed by atoms with Crippen LogP contribution in [0.3, 0.4) is 0 Å². The average Bonchev–Trinajstić information content (AvgIpc) is 2.90. The molecule has 1 N–H and O–H groups in total. The number of hydrogen-bond donors (Lipinski definition) is 1. The van der Waals surface area contributed by atoms with E-state index in [1.54, 1.807) is 17.4 Å². The van der Waals surface area contributed by atoms with Crippen molar-refractivity contribution in [1.82, 2.24) is 0 Å². The number of rotatable bonds is 4. The van der Waals surface area contributed by atoms with E-state index < -0.39 is 5.82 Å². The van der Waals surface area contributed by atoms with E-state index in [1.165, 1.54) is 17.0 Å². The summed E-state index contributed by atoms with van der Waals surface area (Å²) < 4.78 is 13.5. The summed E-state index contributed by atoms with van der Waals surface area (Å²) in [7, 11) is 0. The van der Waals surface area contributed by atoms with E-state index in [4.69, 9.17) is 5.26 Å². The van der Waals surface area contributed by atoms with Crippen molar-refractivity contribution in [2.45, 2.75) is 19.4 Å². The quantitative estimate of drug-likeness (QED) is 0.888. The fourth-order valence-corrected chi connectivity index (χ4v) is 2.62. The van der Waals surface area contributed by atoms with Crippen molar-refractivity contribution in [2.24, 2.45) is 0 Å². The Morgan fingerprint density at radius 3 is 2.83 bits per heavy atom. The molecule has 1 aromatic heterocycles. The predicted molar refractivity (Wildman–Crippen MR) is 72.1 cm³/mol. The van der Waals surface area contributed by atoms with E-state index in [0.29, 0.717) is 5.69 Å². The van der Waals surface area contributed by atoms with Gasteiger partial charge in [0.25, 0.3) is 0 Å². The molecule has 18 heavy (non-hydrogen) atoms. The highest BCUT2D eigenvalue weighted by atomic mass is 32.1. The molecule has 0 aliphatic heterocycles. The number of nitrogens with one attached hydrogen (secondary N) is 1. The second-order valence-corrected chi connectivity index (χ2v) is 4.91. The molecule has 0 aliphatic rings. The minimum absolute atomic E-state index is 0.0738. The summed E-state index contributed by atoms with van der Waals surface area (Å²) >= 11 is 1.68. The number of thiophene rings is 1. The van der Waals surface area contributed by atoms with Crippen molar-refractivity contribution >= 4 is 17.0 Å². The Hall–Kier alpha value is -1.86. The van der Waals surface area contributed by atoms with Crippen LogP contribution >= 0.6 is 11.3 Å². The van der Waals surface area contributed by atoms with Crippen LogP contribution in [-0.4, -0.2) is 0 Å². The second kappa shape index (κ2) is 5.65. The SMILES string of the molecule is CCC(Nc1ccc(C#N)c(F)c1)c1cccs1. The molecule has 2 aromatic rings. The van der Waals surface area contributed by atoms with Crippen molar-refractivity contribution < 1.29 is 4.39 Å². The van der Waals surface area contributed by atoms with Crippen LogP contribution in [0.25, 0.3) is 0 Å². The zero-order valence-electron chi connectivity index (χ0n) is 9.98. The summed E-state index contributed by atoms with van der Waals surface area (Å²) in [6, 6.07) is 10.7. The molecule has 0 aliphatic carbocycles. The van der Waals surface area contributed by atoms with Gasteiger partial charge in [-0.3, -0.25) is 0 Å². The largest absolute Gasteiger partial charge is 0.377 e. The second-order valence-electron chi connectivity index (χ2n) is 3.93. The fraction of sp³-hybridized carbons (Fsp3) is 0.214. The predicted octanol–water partition coefficient (Wildman–Crippen LogP) is 4.32. The van der Waals surface area contributed by atoms with Gasteiger partial charge in [0, 0.05) is 10.6 Å². The van der Waals surface area contributed by atoms with Gasteiger partial charge in [-0.2, -0.15) is 5.26 Å². The summed E-state index contributed by atoms with van der Waals surface area (Å²) in [6.07, 6.45) is 0.919. The van der Waals surface area contributed by atoms with Crippen LogP contribution in [0.4, 0.5) is 10.1 Å². The zero-order valence-corrected chi connectivity index (χ0v) is 10.8. The molecule has 0 radical (unpaired) electrons. The molecule has 1 unspecified atom stereocenters. The molecule has 0 bridgehead atoms. The Morgan fingerprint density at radius 2 is 2.28 bits per heavy atom. The van der Waals surface area contributed by atoms with Gasteiger partial charge in [0.1, 0.15) is 11.9 Å². The van der Waals surface area contributed by atoms with Gasteiger partial charge >= 0.3 is 0 Å². The van der Waals surface area contributed by atoms with E-state index in [1.807, 2.05) is 17.5 Å². The smallest absolute Gasteiger partial charge is 0.143 e. The Balaban J connectivity index is 2.18. The van der Waals surface area contributed by atoms with Crippen molar-refractivity contribution in [3.63, 3.8) is 0 Å². The van der Waals surface area contributed by atoms with Gasteiger partial charge in [-0.1, -0.05) is 13.0 Å². The number of nitriles is 1. The van der Waals surface area contributed by atoms with Crippen LogP contribution in [0.15, 0.2) is 35.7 Å². The molecule has 0 fully saturated rings. The Kier molecular flexibility index (Phi) is 3.96. The molecule has 2 nitrogen and oxygen atoms in total. The van der Waals surface area contributed by atoms with E-state index in [9.17, 15) is 4.39 Å². The topological polar surface area (TPSA) is 35.8 Å². The minimum atomic E-state index is -0.483. The first-order chi connectivity index (χ1) is 8.74. The number of nitrogens with zero attached hydrogens (tertiary/aromatic N) is 1. The maximum Gasteiger partial charge on any atom is 0.143 e. The van der Waals surface area contributed by atoms with Crippen molar-refractivity contribution in [3.8, 4) is 6.07 Å². The summed E-state index contributed by atoms with van der Waals surface area (Å²) in [5, 5.41) is 14.0. The van der Waals surface area contributed by atoms with Crippen LogP contribution < -0.4 is 5.32 Å². The number of anilines is 1. The van der Waals surface area contributed by atoms with Crippen LogP contribution in [-0.2, 0) is 0 Å². The fourth-order valence-electron chi connectivity index (χ4n) is 1.76. The van der Waals surface area contributed by atoms with Gasteiger partial charge in [0.2, 0.25) is 0 Å². The molecule has 1 atom stereocenters. The van der Waals surface area contributed by atoms with Crippen molar-refractivity contribution in [1.29, 1.82) is 5.26 Å². The summed E-state index contributed by atoms with van der Waals surface area (Å²) in [5.41, 5.74) is 0.775. The average molecular weight is 260 g/mol. The lowest BCUT2D eigenvalue weighted by Gasteiger charge is -2.17. The molecule has 1 aromatic carbocycles. The highest BCUT2D eigenvalue weighted by Gasteiger charge is 2.11. The normalized spacial score (nSPS) is 11.8. The van der Waals surface area contributed by atoms with Gasteiger partial charge in [-0.15, -0.1) is 11.3 Å². The first-order valence-corrected chi connectivity index (χ1v) is 6.62. The number of benzene rings is 1. The summed E-state index contributed by atoms with van der Waals surface area (Å²) in [4.78, 5) is 1.22. The minimum Gasteiger partial charge on any atom is -0.377 e. The molecule has 0 saturated heterocycles. The van der Waals surface area contributed by atoms with Crippen LogP contribution in [0.2, 0.25) is 0 Å². The summed E-state index contributed by atoms with van der Waals surface area (Å²) in [6.45, 7) is 2.08. The molecular weight excluding hydrogens is 247 g/mol. The lowest BCUT2D eigenvalue weighted by molar-refractivity contribution is 0.623. The molecule has 0 spiro atoms. The monoisotopic (exact) mass is 260 g/mol. The molecule has 92 valence electrons. The van der Waals surface area contributed by atoms with Crippen LogP contribution in [0.1, 0.15) is 29.8 Å². The molecule has 0 saturated carbocycles. The number of hydrogen-bond acceptors (Lipinski definition) is 3. The highest BCUT2D eigenvalue weighted by Crippen LogP contribution is 2.26. The lowest BCUT2D eigenvalue weighted by Crippen LogP contribution is -2.08. The third-order valence-electron chi connectivity index (χ3n) is 2.73. The van der Waals surface area contributed by atoms with E-state index in [-0.39, 0.29) is 11.6 Å². The van der Waals surface area contributed by atoms with Gasteiger partial charge in [0.05, 0.1) is 11.6 Å². The Labute approximate surface area is 110 Å². The van der Waals surface area contributed by atoms with E-state index in [2.05, 4.69) is 18.3 Å². The van der Waals surface area contributed by atoms with E-state index in [0.717, 1.165) is 6.42 Å². The van der Waals surface area contributed by atoms with Crippen LogP contribution in [0.5, 0.6) is 0 Å². The number of halogens is 1. The zero-order chi connectivity index (χ0) is 13.0. The van der Waals surface area contributed by atoms with Crippen molar-refractivity contribution in [3.05, 3.63) is 52.0 Å². The first kappa shape index (κ1) is 12.6. The Bertz CT molecular complexity index is 558. The highest BCUT2D eigenvalue weighted by molar-refractivity contribution is 7.10. The molecular formula is C14H13FN2S. The third kappa shape index (κ3) is 2.69. The maximum atomic E-state index is 13.5. The van der Waals surface area contributed by atoms with Gasteiger partial charge in [0.15, 0.2) is 0 Å². The first-order valence-electron chi connectivity index (χ1n) is 5.74. The molecule has 1 heterocycles. The maximum absolute atomic E-state index is 13.5. The van der Waals surface area contributed by atoms with Gasteiger partial charge in [-0.05, 0) is 36.1 Å². The molecule has 4 heteroatoms. The standard InChI is InChI=1S/C14H13FN2S/c1-2-13(14-4-3-7-18-14)17-11-6-5-10(9-16)12(15)8-11/h3-8,13,17H,2H2,1H3. The van der Waals surface area contributed by atoms with Gasteiger partial charge in [-0.25, -0.2) is 4.39 Å². The van der Waals surface area contributed by atoms with Crippen molar-refractivity contribution in [2.75, 3.05) is 5.32 Å². The van der Waals surface area contributed by atoms with E-state index >= 15 is 0 Å². The van der Waals surface area contributed by atoms with Crippen LogP contribution in [0, 0.1) is 17.1 Å². The Morgan fingerprint density at radius 1 is 1.44 bits per heavy atom. The molecule has 2 rings (SSSR count). The lowest BCUT2D eigenvalue weighted by atomic mass is 10.1.